The predicted octanol–water partition coefficient (Wildman–Crippen LogP) is 1.89. The number of carbonyl (C=O) groups excluding carboxylic acids is 2. The summed E-state index contributed by atoms with van der Waals surface area (Å²) in [6.07, 6.45) is 0.331. The maximum atomic E-state index is 13.4. The van der Waals surface area contributed by atoms with Gasteiger partial charge in [-0.25, -0.2) is 4.39 Å². The molecule has 1 aromatic rings. The highest BCUT2D eigenvalue weighted by atomic mass is 35.5. The van der Waals surface area contributed by atoms with Gasteiger partial charge in [0.1, 0.15) is 5.82 Å². The Balaban J connectivity index is 2.31. The van der Waals surface area contributed by atoms with E-state index < -0.39 is 11.7 Å². The monoisotopic (exact) mass is 241 g/mol. The molecule has 0 unspecified atom stereocenters. The molecule has 1 saturated heterocycles. The molecular weight excluding hydrogens is 233 g/mol. The first-order valence-electron chi connectivity index (χ1n) is 4.84. The summed E-state index contributed by atoms with van der Waals surface area (Å²) in [5.41, 5.74) is -0.154. The van der Waals surface area contributed by atoms with E-state index in [0.29, 0.717) is 13.0 Å². The van der Waals surface area contributed by atoms with Crippen molar-refractivity contribution < 1.29 is 14.0 Å². The first-order chi connectivity index (χ1) is 7.59. The summed E-state index contributed by atoms with van der Waals surface area (Å²) < 4.78 is 13.4. The summed E-state index contributed by atoms with van der Waals surface area (Å²) in [5.74, 6) is -1.19. The van der Waals surface area contributed by atoms with Crippen molar-refractivity contribution >= 4 is 23.3 Å². The van der Waals surface area contributed by atoms with Gasteiger partial charge in [-0.15, -0.1) is 0 Å². The molecule has 84 valence electrons. The third kappa shape index (κ3) is 1.93. The highest BCUT2D eigenvalue weighted by Crippen LogP contribution is 2.22. The number of benzene rings is 1. The minimum atomic E-state index is -0.656. The molecule has 5 heteroatoms. The fourth-order valence-electron chi connectivity index (χ4n) is 1.66. The maximum absolute atomic E-state index is 13.4. The predicted molar refractivity (Wildman–Crippen MR) is 56.9 cm³/mol. The lowest BCUT2D eigenvalue weighted by Gasteiger charge is -2.15. The van der Waals surface area contributed by atoms with Crippen molar-refractivity contribution in [3.63, 3.8) is 0 Å². The standard InChI is InChI=1S/C11H9ClFNO2/c12-8-2-1-3-9(13)10(8)11(16)14-5-4-7(15)6-14/h1-3H,4-6H2. The van der Waals surface area contributed by atoms with Crippen molar-refractivity contribution in [3.8, 4) is 0 Å². The van der Waals surface area contributed by atoms with Gasteiger partial charge in [0.15, 0.2) is 5.78 Å². The van der Waals surface area contributed by atoms with Crippen LogP contribution in [0.3, 0.4) is 0 Å². The lowest BCUT2D eigenvalue weighted by Crippen LogP contribution is -2.29. The lowest BCUT2D eigenvalue weighted by atomic mass is 10.2. The molecule has 1 aromatic carbocycles. The Morgan fingerprint density at radius 1 is 1.44 bits per heavy atom. The third-order valence-corrected chi connectivity index (χ3v) is 2.81. The fraction of sp³-hybridized carbons (Fsp3) is 0.273. The topological polar surface area (TPSA) is 37.4 Å². The Labute approximate surface area is 96.8 Å². The van der Waals surface area contributed by atoms with Gasteiger partial charge >= 0.3 is 0 Å². The van der Waals surface area contributed by atoms with Gasteiger partial charge in [-0.2, -0.15) is 0 Å². The first kappa shape index (κ1) is 11.1. The van der Waals surface area contributed by atoms with Crippen molar-refractivity contribution in [1.82, 2.24) is 4.90 Å². The molecule has 1 amide bonds. The highest BCUT2D eigenvalue weighted by Gasteiger charge is 2.27. The Hall–Kier alpha value is -1.42. The van der Waals surface area contributed by atoms with E-state index in [1.54, 1.807) is 0 Å². The second kappa shape index (κ2) is 4.22. The number of likely N-dealkylation sites (tertiary alicyclic amines) is 1. The Bertz CT molecular complexity index is 441. The smallest absolute Gasteiger partial charge is 0.258 e. The summed E-state index contributed by atoms with van der Waals surface area (Å²) in [7, 11) is 0. The SMILES string of the molecule is O=C1CCN(C(=O)c2c(F)cccc2Cl)C1. The molecule has 3 nitrogen and oxygen atoms in total. The van der Waals surface area contributed by atoms with E-state index >= 15 is 0 Å². The molecule has 0 bridgehead atoms. The third-order valence-electron chi connectivity index (χ3n) is 2.49. The van der Waals surface area contributed by atoms with Gasteiger partial charge in [-0.3, -0.25) is 9.59 Å². The van der Waals surface area contributed by atoms with E-state index in [1.807, 2.05) is 0 Å². The van der Waals surface area contributed by atoms with Crippen molar-refractivity contribution in [2.24, 2.45) is 0 Å². The van der Waals surface area contributed by atoms with Crippen LogP contribution in [0.4, 0.5) is 4.39 Å². The summed E-state index contributed by atoms with van der Waals surface area (Å²) in [6, 6.07) is 4.07. The normalized spacial score (nSPS) is 15.6. The number of rotatable bonds is 1. The molecule has 0 aromatic heterocycles. The highest BCUT2D eigenvalue weighted by molar-refractivity contribution is 6.33. The van der Waals surface area contributed by atoms with Gasteiger partial charge in [0.2, 0.25) is 0 Å². The van der Waals surface area contributed by atoms with Crippen LogP contribution in [-0.2, 0) is 4.79 Å². The van der Waals surface area contributed by atoms with E-state index in [0.717, 1.165) is 0 Å². The van der Waals surface area contributed by atoms with Gasteiger partial charge in [-0.05, 0) is 12.1 Å². The molecule has 1 fully saturated rings. The quantitative estimate of drug-likeness (QED) is 0.753. The minimum absolute atomic E-state index is 0.0131. The number of hydrogen-bond acceptors (Lipinski definition) is 2. The molecule has 16 heavy (non-hydrogen) atoms. The maximum Gasteiger partial charge on any atom is 0.258 e. The molecule has 0 spiro atoms. The molecule has 2 rings (SSSR count). The summed E-state index contributed by atoms with van der Waals surface area (Å²) in [6.45, 7) is 0.381. The summed E-state index contributed by atoms with van der Waals surface area (Å²) >= 11 is 5.77. The van der Waals surface area contributed by atoms with Crippen molar-refractivity contribution in [2.45, 2.75) is 6.42 Å². The van der Waals surface area contributed by atoms with E-state index in [4.69, 9.17) is 11.6 Å². The second-order valence-electron chi connectivity index (χ2n) is 3.61. The molecule has 0 radical (unpaired) electrons. The van der Waals surface area contributed by atoms with Crippen LogP contribution >= 0.6 is 11.6 Å². The minimum Gasteiger partial charge on any atom is -0.331 e. The average Bonchev–Trinajstić information content (AvgIpc) is 2.64. The van der Waals surface area contributed by atoms with Gasteiger partial charge in [0, 0.05) is 13.0 Å². The number of ketones is 1. The molecule has 1 heterocycles. The van der Waals surface area contributed by atoms with Crippen molar-refractivity contribution in [3.05, 3.63) is 34.6 Å². The number of Topliss-reactive ketones (excluding diaryl/α,β-unsaturated/α-hetero) is 1. The Kier molecular flexibility index (Phi) is 2.92. The van der Waals surface area contributed by atoms with Gasteiger partial charge in [0.25, 0.3) is 5.91 Å². The Morgan fingerprint density at radius 2 is 2.19 bits per heavy atom. The summed E-state index contributed by atoms with van der Waals surface area (Å²) in [4.78, 5) is 24.2. The lowest BCUT2D eigenvalue weighted by molar-refractivity contribution is -0.116. The van der Waals surface area contributed by atoms with Crippen LogP contribution in [-0.4, -0.2) is 29.7 Å². The van der Waals surface area contributed by atoms with Gasteiger partial charge < -0.3 is 4.90 Å². The van der Waals surface area contributed by atoms with Crippen LogP contribution in [0.1, 0.15) is 16.8 Å². The average molecular weight is 242 g/mol. The molecular formula is C11H9ClFNO2. The second-order valence-corrected chi connectivity index (χ2v) is 4.02. The zero-order valence-electron chi connectivity index (χ0n) is 8.37. The van der Waals surface area contributed by atoms with Gasteiger partial charge in [-0.1, -0.05) is 17.7 Å². The van der Waals surface area contributed by atoms with Crippen molar-refractivity contribution in [1.29, 1.82) is 0 Å². The van der Waals surface area contributed by atoms with E-state index in [2.05, 4.69) is 0 Å². The molecule has 1 aliphatic heterocycles. The van der Waals surface area contributed by atoms with E-state index in [1.165, 1.54) is 23.1 Å². The van der Waals surface area contributed by atoms with Crippen LogP contribution < -0.4 is 0 Å². The fourth-order valence-corrected chi connectivity index (χ4v) is 1.91. The molecule has 0 N–H and O–H groups in total. The number of hydrogen-bond donors (Lipinski definition) is 0. The molecule has 0 saturated carbocycles. The molecule has 0 atom stereocenters. The first-order valence-corrected chi connectivity index (χ1v) is 5.22. The zero-order chi connectivity index (χ0) is 11.7. The number of halogens is 2. The number of nitrogens with zero attached hydrogens (tertiary/aromatic N) is 1. The van der Waals surface area contributed by atoms with Crippen LogP contribution in [0.5, 0.6) is 0 Å². The Morgan fingerprint density at radius 3 is 2.75 bits per heavy atom. The van der Waals surface area contributed by atoms with Crippen molar-refractivity contribution in [2.75, 3.05) is 13.1 Å². The largest absolute Gasteiger partial charge is 0.331 e. The zero-order valence-corrected chi connectivity index (χ0v) is 9.13. The summed E-state index contributed by atoms with van der Waals surface area (Å²) in [5, 5.41) is 0.0735. The van der Waals surface area contributed by atoms with Crippen LogP contribution in [0.2, 0.25) is 5.02 Å². The number of amides is 1. The number of carbonyl (C=O) groups is 2. The van der Waals surface area contributed by atoms with Crippen LogP contribution in [0.25, 0.3) is 0 Å². The van der Waals surface area contributed by atoms with E-state index in [9.17, 15) is 14.0 Å². The van der Waals surface area contributed by atoms with E-state index in [-0.39, 0.29) is 22.9 Å². The molecule has 0 aliphatic carbocycles. The molecule has 1 aliphatic rings. The van der Waals surface area contributed by atoms with Crippen LogP contribution in [0.15, 0.2) is 18.2 Å². The van der Waals surface area contributed by atoms with Gasteiger partial charge in [0.05, 0.1) is 17.1 Å². The van der Waals surface area contributed by atoms with Crippen LogP contribution in [0, 0.1) is 5.82 Å².